The number of hydrazine groups is 1. The van der Waals surface area contributed by atoms with E-state index in [9.17, 15) is 9.59 Å². The normalized spacial score (nSPS) is 10.5. The van der Waals surface area contributed by atoms with Gasteiger partial charge in [-0.3, -0.25) is 20.4 Å². The summed E-state index contributed by atoms with van der Waals surface area (Å²) >= 11 is 3.40. The Hall–Kier alpha value is -1.60. The predicted molar refractivity (Wildman–Crippen MR) is 95.8 cm³/mol. The molecule has 0 aromatic heterocycles. The summed E-state index contributed by atoms with van der Waals surface area (Å²) in [4.78, 5) is 23.5. The van der Waals surface area contributed by atoms with Crippen LogP contribution in [0.5, 0.6) is 5.75 Å². The monoisotopic (exact) mass is 400 g/mol. The molecule has 1 aromatic carbocycles. The van der Waals surface area contributed by atoms with Gasteiger partial charge in [-0.2, -0.15) is 0 Å². The van der Waals surface area contributed by atoms with Crippen LogP contribution in [0.2, 0.25) is 0 Å². The number of rotatable bonds is 9. The van der Waals surface area contributed by atoms with Gasteiger partial charge in [0.2, 0.25) is 5.91 Å². The molecule has 6 nitrogen and oxygen atoms in total. The smallest absolute Gasteiger partial charge is 0.269 e. The third kappa shape index (κ3) is 7.79. The number of ether oxygens (including phenoxy) is 2. The van der Waals surface area contributed by atoms with Gasteiger partial charge in [0.15, 0.2) is 0 Å². The Balaban J connectivity index is 2.47. The van der Waals surface area contributed by atoms with Gasteiger partial charge in [0.25, 0.3) is 5.91 Å². The molecule has 2 N–H and O–H groups in total. The van der Waals surface area contributed by atoms with Crippen molar-refractivity contribution in [3.05, 3.63) is 28.2 Å². The van der Waals surface area contributed by atoms with Crippen LogP contribution in [0.4, 0.5) is 0 Å². The zero-order valence-corrected chi connectivity index (χ0v) is 15.9. The third-order valence-corrected chi connectivity index (χ3v) is 3.76. The first-order valence-electron chi connectivity index (χ1n) is 8.03. The van der Waals surface area contributed by atoms with Gasteiger partial charge in [-0.25, -0.2) is 0 Å². The van der Waals surface area contributed by atoms with Gasteiger partial charge < -0.3 is 9.47 Å². The number of amides is 2. The van der Waals surface area contributed by atoms with E-state index >= 15 is 0 Å². The zero-order chi connectivity index (χ0) is 17.9. The fourth-order valence-corrected chi connectivity index (χ4v) is 2.23. The average Bonchev–Trinajstić information content (AvgIpc) is 2.54. The molecule has 0 aliphatic carbocycles. The molecule has 0 fully saturated rings. The zero-order valence-electron chi connectivity index (χ0n) is 14.4. The number of carbonyl (C=O) groups is 2. The fourth-order valence-electron chi connectivity index (χ4n) is 1.73. The lowest BCUT2D eigenvalue weighted by molar-refractivity contribution is -0.122. The number of benzene rings is 1. The predicted octanol–water partition coefficient (Wildman–Crippen LogP) is 3.06. The van der Waals surface area contributed by atoms with Gasteiger partial charge in [0.05, 0.1) is 24.1 Å². The van der Waals surface area contributed by atoms with Crippen molar-refractivity contribution in [2.75, 3.05) is 19.8 Å². The molecular weight excluding hydrogens is 376 g/mol. The van der Waals surface area contributed by atoms with Crippen LogP contribution in [0.3, 0.4) is 0 Å². The Kier molecular flexibility index (Phi) is 9.41. The molecule has 0 radical (unpaired) electrons. The van der Waals surface area contributed by atoms with Crippen LogP contribution >= 0.6 is 15.9 Å². The third-order valence-electron chi connectivity index (χ3n) is 3.14. The summed E-state index contributed by atoms with van der Waals surface area (Å²) in [5, 5.41) is 0. The van der Waals surface area contributed by atoms with Crippen LogP contribution in [0.25, 0.3) is 0 Å². The van der Waals surface area contributed by atoms with E-state index in [4.69, 9.17) is 9.47 Å². The molecule has 0 saturated heterocycles. The number of hydrogen-bond donors (Lipinski definition) is 2. The SMILES string of the molecule is CCOCCC(=O)NNC(=O)c1ccc(OCCC(C)C)c(Br)c1. The molecule has 0 bridgehead atoms. The molecule has 1 rings (SSSR count). The van der Waals surface area contributed by atoms with Crippen LogP contribution < -0.4 is 15.6 Å². The van der Waals surface area contributed by atoms with E-state index in [1.165, 1.54) is 0 Å². The van der Waals surface area contributed by atoms with Crippen molar-refractivity contribution in [1.82, 2.24) is 10.9 Å². The van der Waals surface area contributed by atoms with Crippen molar-refractivity contribution >= 4 is 27.7 Å². The maximum atomic E-state index is 12.0. The van der Waals surface area contributed by atoms with E-state index in [-0.39, 0.29) is 12.3 Å². The summed E-state index contributed by atoms with van der Waals surface area (Å²) in [6, 6.07) is 5.04. The molecular formula is C17H25BrN2O4. The van der Waals surface area contributed by atoms with Gasteiger partial charge in [-0.1, -0.05) is 13.8 Å². The van der Waals surface area contributed by atoms with E-state index in [1.54, 1.807) is 18.2 Å². The minimum atomic E-state index is -0.394. The van der Waals surface area contributed by atoms with Crippen molar-refractivity contribution in [3.63, 3.8) is 0 Å². The molecule has 0 aliphatic heterocycles. The minimum Gasteiger partial charge on any atom is -0.492 e. The van der Waals surface area contributed by atoms with Gasteiger partial charge in [-0.15, -0.1) is 0 Å². The standard InChI is InChI=1S/C17H25BrN2O4/c1-4-23-9-8-16(21)19-20-17(22)13-5-6-15(14(18)11-13)24-10-7-12(2)3/h5-6,11-12H,4,7-10H2,1-3H3,(H,19,21)(H,20,22). The molecule has 0 saturated carbocycles. The summed E-state index contributed by atoms with van der Waals surface area (Å²) in [6.45, 7) is 7.62. The Labute approximate surface area is 151 Å². The van der Waals surface area contributed by atoms with Gasteiger partial charge in [-0.05, 0) is 53.4 Å². The first kappa shape index (κ1) is 20.4. The van der Waals surface area contributed by atoms with Crippen LogP contribution in [0.1, 0.15) is 44.0 Å². The largest absolute Gasteiger partial charge is 0.492 e. The number of hydrogen-bond acceptors (Lipinski definition) is 4. The number of halogens is 1. The highest BCUT2D eigenvalue weighted by Gasteiger charge is 2.10. The second kappa shape index (κ2) is 11.0. The Morgan fingerprint density at radius 1 is 1.21 bits per heavy atom. The average molecular weight is 401 g/mol. The van der Waals surface area contributed by atoms with E-state index in [0.29, 0.717) is 41.5 Å². The maximum absolute atomic E-state index is 12.0. The molecule has 0 heterocycles. The molecule has 24 heavy (non-hydrogen) atoms. The number of carbonyl (C=O) groups excluding carboxylic acids is 2. The van der Waals surface area contributed by atoms with Crippen molar-refractivity contribution in [1.29, 1.82) is 0 Å². The Morgan fingerprint density at radius 3 is 2.58 bits per heavy atom. The molecule has 0 spiro atoms. The van der Waals surface area contributed by atoms with Crippen LogP contribution in [0.15, 0.2) is 22.7 Å². The van der Waals surface area contributed by atoms with Crippen LogP contribution in [-0.4, -0.2) is 31.6 Å². The summed E-state index contributed by atoms with van der Waals surface area (Å²) in [7, 11) is 0. The minimum absolute atomic E-state index is 0.195. The fraction of sp³-hybridized carbons (Fsp3) is 0.529. The van der Waals surface area contributed by atoms with E-state index in [1.807, 2.05) is 6.92 Å². The van der Waals surface area contributed by atoms with Gasteiger partial charge >= 0.3 is 0 Å². The Bertz CT molecular complexity index is 549. The first-order valence-corrected chi connectivity index (χ1v) is 8.82. The second-order valence-electron chi connectivity index (χ2n) is 5.63. The van der Waals surface area contributed by atoms with Crippen molar-refractivity contribution in [2.45, 2.75) is 33.6 Å². The summed E-state index contributed by atoms with van der Waals surface area (Å²) in [5.74, 6) is 0.562. The number of nitrogens with one attached hydrogen (secondary N) is 2. The highest BCUT2D eigenvalue weighted by Crippen LogP contribution is 2.26. The van der Waals surface area contributed by atoms with E-state index in [0.717, 1.165) is 6.42 Å². The molecule has 2 amide bonds. The molecule has 134 valence electrons. The van der Waals surface area contributed by atoms with Crippen molar-refractivity contribution in [3.8, 4) is 5.75 Å². The highest BCUT2D eigenvalue weighted by atomic mass is 79.9. The van der Waals surface area contributed by atoms with Gasteiger partial charge in [0.1, 0.15) is 5.75 Å². The summed E-state index contributed by atoms with van der Waals surface area (Å²) in [5.41, 5.74) is 5.15. The van der Waals surface area contributed by atoms with Crippen molar-refractivity contribution < 1.29 is 19.1 Å². The highest BCUT2D eigenvalue weighted by molar-refractivity contribution is 9.10. The lowest BCUT2D eigenvalue weighted by Gasteiger charge is -2.11. The van der Waals surface area contributed by atoms with E-state index in [2.05, 4.69) is 40.6 Å². The molecule has 7 heteroatoms. The van der Waals surface area contributed by atoms with Crippen molar-refractivity contribution in [2.24, 2.45) is 5.92 Å². The molecule has 0 aliphatic rings. The quantitative estimate of drug-likeness (QED) is 0.493. The Morgan fingerprint density at radius 2 is 1.96 bits per heavy atom. The lowest BCUT2D eigenvalue weighted by atomic mass is 10.1. The molecule has 0 atom stereocenters. The summed E-state index contributed by atoms with van der Waals surface area (Å²) < 4.78 is 11.4. The van der Waals surface area contributed by atoms with Crippen LogP contribution in [-0.2, 0) is 9.53 Å². The van der Waals surface area contributed by atoms with Gasteiger partial charge in [0, 0.05) is 12.2 Å². The topological polar surface area (TPSA) is 76.7 Å². The lowest BCUT2D eigenvalue weighted by Crippen LogP contribution is -2.41. The maximum Gasteiger partial charge on any atom is 0.269 e. The van der Waals surface area contributed by atoms with Crippen LogP contribution in [0, 0.1) is 5.92 Å². The first-order chi connectivity index (χ1) is 11.4. The van der Waals surface area contributed by atoms with E-state index < -0.39 is 5.91 Å². The second-order valence-corrected chi connectivity index (χ2v) is 6.48. The molecule has 0 unspecified atom stereocenters. The summed E-state index contributed by atoms with van der Waals surface area (Å²) in [6.07, 6.45) is 1.16. The molecule has 1 aromatic rings.